The Hall–Kier alpha value is -1.51. The van der Waals surface area contributed by atoms with Crippen molar-refractivity contribution < 1.29 is 4.79 Å². The van der Waals surface area contributed by atoms with E-state index in [1.807, 2.05) is 44.0 Å². The molecule has 3 heteroatoms. The normalized spacial score (nSPS) is 10.2. The third-order valence-electron chi connectivity index (χ3n) is 3.03. The molecule has 18 heavy (non-hydrogen) atoms. The fourth-order valence-corrected chi connectivity index (χ4v) is 1.92. The summed E-state index contributed by atoms with van der Waals surface area (Å²) >= 11 is 0. The average molecular weight is 248 g/mol. The summed E-state index contributed by atoms with van der Waals surface area (Å²) in [6.07, 6.45) is 2.15. The Morgan fingerprint density at radius 1 is 1.28 bits per heavy atom. The molecule has 3 nitrogen and oxygen atoms in total. The smallest absolute Gasteiger partial charge is 0.324 e. The van der Waals surface area contributed by atoms with E-state index in [0.717, 1.165) is 25.1 Å². The molecule has 100 valence electrons. The van der Waals surface area contributed by atoms with Crippen molar-refractivity contribution in [1.82, 2.24) is 4.90 Å². The molecule has 0 saturated heterocycles. The highest BCUT2D eigenvalue weighted by atomic mass is 16.2. The first kappa shape index (κ1) is 14.6. The van der Waals surface area contributed by atoms with E-state index in [0.29, 0.717) is 6.54 Å². The number of nitrogens with zero attached hydrogens (tertiary/aromatic N) is 2. The summed E-state index contributed by atoms with van der Waals surface area (Å²) in [4.78, 5) is 16.0. The largest absolute Gasteiger partial charge is 0.327 e. The number of hydrogen-bond donors (Lipinski definition) is 0. The summed E-state index contributed by atoms with van der Waals surface area (Å²) in [7, 11) is 1.87. The summed E-state index contributed by atoms with van der Waals surface area (Å²) in [5, 5.41) is 0. The Balaban J connectivity index is 2.79. The maximum absolute atomic E-state index is 12.3. The molecule has 0 fully saturated rings. The van der Waals surface area contributed by atoms with Crippen molar-refractivity contribution in [2.24, 2.45) is 0 Å². The number of benzene rings is 1. The van der Waals surface area contributed by atoms with Crippen molar-refractivity contribution in [3.63, 3.8) is 0 Å². The molecule has 1 aromatic carbocycles. The average Bonchev–Trinajstić information content (AvgIpc) is 2.36. The molecular weight excluding hydrogens is 224 g/mol. The zero-order valence-corrected chi connectivity index (χ0v) is 11.9. The van der Waals surface area contributed by atoms with Crippen LogP contribution in [0.5, 0.6) is 0 Å². The number of rotatable bonds is 5. The molecule has 0 bridgehead atoms. The second-order valence-corrected chi connectivity index (χ2v) is 4.64. The summed E-state index contributed by atoms with van der Waals surface area (Å²) < 4.78 is 0. The molecule has 0 saturated carbocycles. The lowest BCUT2D eigenvalue weighted by Crippen LogP contribution is -2.41. The second-order valence-electron chi connectivity index (χ2n) is 4.64. The van der Waals surface area contributed by atoms with Gasteiger partial charge in [-0.15, -0.1) is 0 Å². The van der Waals surface area contributed by atoms with Gasteiger partial charge >= 0.3 is 6.03 Å². The van der Waals surface area contributed by atoms with E-state index in [-0.39, 0.29) is 6.03 Å². The number of hydrogen-bond acceptors (Lipinski definition) is 1. The van der Waals surface area contributed by atoms with Gasteiger partial charge in [0.15, 0.2) is 0 Å². The lowest BCUT2D eigenvalue weighted by molar-refractivity contribution is 0.215. The van der Waals surface area contributed by atoms with Gasteiger partial charge in [-0.2, -0.15) is 0 Å². The van der Waals surface area contributed by atoms with Crippen molar-refractivity contribution >= 4 is 11.7 Å². The minimum atomic E-state index is 0.0801. The molecule has 1 aromatic rings. The lowest BCUT2D eigenvalue weighted by atomic mass is 10.2. The number of amides is 2. The molecule has 0 unspecified atom stereocenters. The van der Waals surface area contributed by atoms with Gasteiger partial charge in [0.2, 0.25) is 0 Å². The van der Waals surface area contributed by atoms with Crippen LogP contribution in [0, 0.1) is 6.92 Å². The fourth-order valence-electron chi connectivity index (χ4n) is 1.92. The van der Waals surface area contributed by atoms with E-state index in [2.05, 4.69) is 13.0 Å². The molecule has 0 aliphatic heterocycles. The van der Waals surface area contributed by atoms with Gasteiger partial charge in [0.25, 0.3) is 0 Å². The zero-order chi connectivity index (χ0) is 13.5. The van der Waals surface area contributed by atoms with Gasteiger partial charge in [-0.05, 0) is 38.0 Å². The first-order chi connectivity index (χ1) is 8.60. The summed E-state index contributed by atoms with van der Waals surface area (Å²) in [5.41, 5.74) is 2.15. The van der Waals surface area contributed by atoms with Crippen LogP contribution < -0.4 is 4.90 Å². The van der Waals surface area contributed by atoms with Gasteiger partial charge in [-0.1, -0.05) is 25.5 Å². The Labute approximate surface area is 110 Å². The van der Waals surface area contributed by atoms with Crippen LogP contribution in [0.25, 0.3) is 0 Å². The van der Waals surface area contributed by atoms with Gasteiger partial charge in [0.05, 0.1) is 0 Å². The number of anilines is 1. The number of carbonyl (C=O) groups is 1. The monoisotopic (exact) mass is 248 g/mol. The van der Waals surface area contributed by atoms with Crippen LogP contribution in [0.3, 0.4) is 0 Å². The van der Waals surface area contributed by atoms with Crippen LogP contribution in [-0.4, -0.2) is 31.1 Å². The van der Waals surface area contributed by atoms with E-state index >= 15 is 0 Å². The molecule has 0 spiro atoms. The maximum Gasteiger partial charge on any atom is 0.324 e. The Morgan fingerprint density at radius 2 is 2.00 bits per heavy atom. The Bertz CT molecular complexity index is 390. The Kier molecular flexibility index (Phi) is 5.69. The van der Waals surface area contributed by atoms with Gasteiger partial charge in [0, 0.05) is 25.8 Å². The molecule has 2 amide bonds. The van der Waals surface area contributed by atoms with Crippen LogP contribution >= 0.6 is 0 Å². The molecular formula is C15H24N2O. The third kappa shape index (κ3) is 3.76. The molecule has 0 heterocycles. The topological polar surface area (TPSA) is 23.6 Å². The predicted molar refractivity (Wildman–Crippen MR) is 77.1 cm³/mol. The molecule has 1 rings (SSSR count). The second kappa shape index (κ2) is 7.04. The maximum atomic E-state index is 12.3. The SMILES string of the molecule is CCCCN(C)C(=O)N(CC)c1cccc(C)c1. The van der Waals surface area contributed by atoms with Crippen LogP contribution in [0.15, 0.2) is 24.3 Å². The van der Waals surface area contributed by atoms with Crippen LogP contribution in [-0.2, 0) is 0 Å². The fraction of sp³-hybridized carbons (Fsp3) is 0.533. The quantitative estimate of drug-likeness (QED) is 0.780. The van der Waals surface area contributed by atoms with Gasteiger partial charge in [-0.3, -0.25) is 4.90 Å². The minimum Gasteiger partial charge on any atom is -0.327 e. The standard InChI is InChI=1S/C15H24N2O/c1-5-7-11-16(4)15(18)17(6-2)14-10-8-9-13(3)12-14/h8-10,12H,5-7,11H2,1-4H3. The van der Waals surface area contributed by atoms with Gasteiger partial charge in [0.1, 0.15) is 0 Å². The Morgan fingerprint density at radius 3 is 2.56 bits per heavy atom. The molecule has 0 atom stereocenters. The molecule has 0 aromatic heterocycles. The third-order valence-corrected chi connectivity index (χ3v) is 3.03. The summed E-state index contributed by atoms with van der Waals surface area (Å²) in [5.74, 6) is 0. The van der Waals surface area contributed by atoms with E-state index in [1.54, 1.807) is 4.90 Å². The predicted octanol–water partition coefficient (Wildman–Crippen LogP) is 3.67. The minimum absolute atomic E-state index is 0.0801. The first-order valence-corrected chi connectivity index (χ1v) is 6.69. The highest BCUT2D eigenvalue weighted by Crippen LogP contribution is 2.17. The number of unbranched alkanes of at least 4 members (excludes halogenated alkanes) is 1. The zero-order valence-electron chi connectivity index (χ0n) is 11.9. The first-order valence-electron chi connectivity index (χ1n) is 6.69. The number of urea groups is 1. The number of carbonyl (C=O) groups excluding carboxylic acids is 1. The van der Waals surface area contributed by atoms with E-state index in [1.165, 1.54) is 5.56 Å². The van der Waals surface area contributed by atoms with Crippen LogP contribution in [0.2, 0.25) is 0 Å². The highest BCUT2D eigenvalue weighted by Gasteiger charge is 2.17. The van der Waals surface area contributed by atoms with Gasteiger partial charge < -0.3 is 4.90 Å². The van der Waals surface area contributed by atoms with Crippen molar-refractivity contribution in [2.75, 3.05) is 25.0 Å². The van der Waals surface area contributed by atoms with Crippen molar-refractivity contribution in [1.29, 1.82) is 0 Å². The highest BCUT2D eigenvalue weighted by molar-refractivity contribution is 5.91. The molecule has 0 aliphatic carbocycles. The van der Waals surface area contributed by atoms with Crippen molar-refractivity contribution in [3.05, 3.63) is 29.8 Å². The van der Waals surface area contributed by atoms with Crippen molar-refractivity contribution in [3.8, 4) is 0 Å². The number of aryl methyl sites for hydroxylation is 1. The van der Waals surface area contributed by atoms with Gasteiger partial charge in [-0.25, -0.2) is 4.79 Å². The van der Waals surface area contributed by atoms with Crippen LogP contribution in [0.4, 0.5) is 10.5 Å². The lowest BCUT2D eigenvalue weighted by Gasteiger charge is -2.27. The van der Waals surface area contributed by atoms with E-state index in [4.69, 9.17) is 0 Å². The van der Waals surface area contributed by atoms with E-state index in [9.17, 15) is 4.79 Å². The molecule has 0 N–H and O–H groups in total. The summed E-state index contributed by atoms with van der Waals surface area (Å²) in [6, 6.07) is 8.16. The molecule has 0 radical (unpaired) electrons. The molecule has 0 aliphatic rings. The van der Waals surface area contributed by atoms with E-state index < -0.39 is 0 Å². The van der Waals surface area contributed by atoms with Crippen LogP contribution in [0.1, 0.15) is 32.3 Å². The van der Waals surface area contributed by atoms with Crippen molar-refractivity contribution in [2.45, 2.75) is 33.6 Å². The summed E-state index contributed by atoms with van der Waals surface area (Å²) in [6.45, 7) is 7.70.